The molecule has 1 N–H and O–H groups in total. The van der Waals surface area contributed by atoms with Gasteiger partial charge in [-0.05, 0) is 44.7 Å². The standard InChI is InChI=1S/C17H30N6/c1-2-6-23-7-3-4-15(16(23)5-1)12-21-8-10-22(11-9-21)13-17-18-14-19-20-17/h14-16H,1-13H2,(H,18,19,20)/t15-,16+/m0/s1. The molecule has 0 saturated carbocycles. The van der Waals surface area contributed by atoms with Crippen molar-refractivity contribution in [2.24, 2.45) is 5.92 Å². The van der Waals surface area contributed by atoms with Gasteiger partial charge in [-0.3, -0.25) is 10.00 Å². The number of piperazine rings is 1. The first-order valence-corrected chi connectivity index (χ1v) is 9.41. The maximum absolute atomic E-state index is 4.24. The van der Waals surface area contributed by atoms with E-state index >= 15 is 0 Å². The molecular weight excluding hydrogens is 288 g/mol. The molecular formula is C17H30N6. The van der Waals surface area contributed by atoms with Gasteiger partial charge in [0.05, 0.1) is 6.54 Å². The van der Waals surface area contributed by atoms with Crippen molar-refractivity contribution in [2.75, 3.05) is 45.8 Å². The van der Waals surface area contributed by atoms with Gasteiger partial charge in [0.1, 0.15) is 12.2 Å². The molecule has 2 atom stereocenters. The van der Waals surface area contributed by atoms with Gasteiger partial charge in [0.15, 0.2) is 0 Å². The number of piperidine rings is 2. The fraction of sp³-hybridized carbons (Fsp3) is 0.882. The van der Waals surface area contributed by atoms with Gasteiger partial charge in [-0.15, -0.1) is 0 Å². The molecule has 6 heteroatoms. The second kappa shape index (κ2) is 7.28. The molecule has 23 heavy (non-hydrogen) atoms. The summed E-state index contributed by atoms with van der Waals surface area (Å²) < 4.78 is 0. The molecule has 3 fully saturated rings. The van der Waals surface area contributed by atoms with Crippen LogP contribution in [0.1, 0.15) is 37.9 Å². The number of rotatable bonds is 4. The van der Waals surface area contributed by atoms with Crippen molar-refractivity contribution < 1.29 is 0 Å². The van der Waals surface area contributed by atoms with Gasteiger partial charge in [0.25, 0.3) is 0 Å². The van der Waals surface area contributed by atoms with Crippen LogP contribution in [0.25, 0.3) is 0 Å². The van der Waals surface area contributed by atoms with Crippen molar-refractivity contribution in [3.8, 4) is 0 Å². The third-order valence-electron chi connectivity index (χ3n) is 6.02. The second-order valence-electron chi connectivity index (χ2n) is 7.51. The number of aromatic amines is 1. The Morgan fingerprint density at radius 2 is 1.78 bits per heavy atom. The molecule has 3 saturated heterocycles. The van der Waals surface area contributed by atoms with Crippen molar-refractivity contribution in [1.82, 2.24) is 29.9 Å². The number of fused-ring (bicyclic) bond motifs is 1. The largest absolute Gasteiger partial charge is 0.300 e. The Balaban J connectivity index is 1.25. The Hall–Kier alpha value is -0.980. The summed E-state index contributed by atoms with van der Waals surface area (Å²) in [7, 11) is 0. The lowest BCUT2D eigenvalue weighted by molar-refractivity contribution is 0.0281. The van der Waals surface area contributed by atoms with Crippen LogP contribution >= 0.6 is 0 Å². The summed E-state index contributed by atoms with van der Waals surface area (Å²) in [6, 6.07) is 0.879. The molecule has 4 rings (SSSR count). The van der Waals surface area contributed by atoms with Crippen molar-refractivity contribution in [1.29, 1.82) is 0 Å². The molecule has 0 radical (unpaired) electrons. The quantitative estimate of drug-likeness (QED) is 0.904. The summed E-state index contributed by atoms with van der Waals surface area (Å²) in [4.78, 5) is 12.2. The molecule has 1 aromatic heterocycles. The Labute approximate surface area is 139 Å². The van der Waals surface area contributed by atoms with E-state index in [4.69, 9.17) is 0 Å². The maximum atomic E-state index is 4.24. The third-order valence-corrected chi connectivity index (χ3v) is 6.02. The highest BCUT2D eigenvalue weighted by Crippen LogP contribution is 2.31. The lowest BCUT2D eigenvalue weighted by atomic mass is 9.83. The number of hydrogen-bond donors (Lipinski definition) is 1. The van der Waals surface area contributed by atoms with Crippen LogP contribution in [0.5, 0.6) is 0 Å². The van der Waals surface area contributed by atoms with Crippen LogP contribution in [0.3, 0.4) is 0 Å². The molecule has 4 heterocycles. The first kappa shape index (κ1) is 15.5. The topological polar surface area (TPSA) is 51.3 Å². The number of hydrogen-bond acceptors (Lipinski definition) is 5. The monoisotopic (exact) mass is 318 g/mol. The van der Waals surface area contributed by atoms with Crippen molar-refractivity contribution in [3.05, 3.63) is 12.2 Å². The van der Waals surface area contributed by atoms with Gasteiger partial charge in [0, 0.05) is 38.8 Å². The Bertz CT molecular complexity index is 465. The van der Waals surface area contributed by atoms with Crippen LogP contribution in [0.2, 0.25) is 0 Å². The normalized spacial score (nSPS) is 31.1. The summed E-state index contributed by atoms with van der Waals surface area (Å²) in [5, 5.41) is 6.91. The van der Waals surface area contributed by atoms with Crippen LogP contribution in [0, 0.1) is 5.92 Å². The molecule has 1 aromatic rings. The van der Waals surface area contributed by atoms with E-state index < -0.39 is 0 Å². The number of aromatic nitrogens is 3. The van der Waals surface area contributed by atoms with E-state index in [2.05, 4.69) is 29.9 Å². The smallest absolute Gasteiger partial charge is 0.138 e. The third kappa shape index (κ3) is 3.75. The molecule has 0 aliphatic carbocycles. The zero-order valence-electron chi connectivity index (χ0n) is 14.2. The van der Waals surface area contributed by atoms with Gasteiger partial charge >= 0.3 is 0 Å². The summed E-state index contributed by atoms with van der Waals surface area (Å²) in [5.74, 6) is 1.90. The first-order chi connectivity index (χ1) is 11.4. The van der Waals surface area contributed by atoms with Crippen LogP contribution in [0.15, 0.2) is 6.33 Å². The Morgan fingerprint density at radius 1 is 0.957 bits per heavy atom. The average Bonchev–Trinajstić information content (AvgIpc) is 3.10. The Morgan fingerprint density at radius 3 is 2.61 bits per heavy atom. The summed E-state index contributed by atoms with van der Waals surface area (Å²) in [6.45, 7) is 9.65. The molecule has 0 aromatic carbocycles. The van der Waals surface area contributed by atoms with Gasteiger partial charge in [0.2, 0.25) is 0 Å². The summed E-state index contributed by atoms with van der Waals surface area (Å²) in [6.07, 6.45) is 8.76. The highest BCUT2D eigenvalue weighted by atomic mass is 15.3. The molecule has 6 nitrogen and oxygen atoms in total. The van der Waals surface area contributed by atoms with E-state index in [9.17, 15) is 0 Å². The van der Waals surface area contributed by atoms with E-state index in [1.165, 1.54) is 64.8 Å². The fourth-order valence-electron chi connectivity index (χ4n) is 4.77. The van der Waals surface area contributed by atoms with E-state index in [0.717, 1.165) is 37.4 Å². The lowest BCUT2D eigenvalue weighted by Gasteiger charge is -2.46. The van der Waals surface area contributed by atoms with Crippen molar-refractivity contribution in [3.63, 3.8) is 0 Å². The first-order valence-electron chi connectivity index (χ1n) is 9.41. The van der Waals surface area contributed by atoms with Gasteiger partial charge < -0.3 is 9.80 Å². The number of H-pyrrole nitrogens is 1. The molecule has 3 aliphatic rings. The number of nitrogens with zero attached hydrogens (tertiary/aromatic N) is 5. The minimum atomic E-state index is 0.879. The average molecular weight is 318 g/mol. The van der Waals surface area contributed by atoms with E-state index in [1.807, 2.05) is 0 Å². The minimum absolute atomic E-state index is 0.879. The van der Waals surface area contributed by atoms with Crippen LogP contribution in [-0.4, -0.2) is 81.7 Å². The highest BCUT2D eigenvalue weighted by molar-refractivity contribution is 4.90. The van der Waals surface area contributed by atoms with Crippen molar-refractivity contribution >= 4 is 0 Å². The van der Waals surface area contributed by atoms with Crippen LogP contribution in [-0.2, 0) is 6.54 Å². The predicted octanol–water partition coefficient (Wildman–Crippen LogP) is 1.19. The van der Waals surface area contributed by atoms with Crippen LogP contribution in [0.4, 0.5) is 0 Å². The van der Waals surface area contributed by atoms with E-state index in [0.29, 0.717) is 0 Å². The van der Waals surface area contributed by atoms with Gasteiger partial charge in [-0.25, -0.2) is 4.98 Å². The SMILES string of the molecule is c1n[nH]c(CN2CCN(C[C@@H]3CCCN4CCCC[C@H]34)CC2)n1. The molecule has 0 unspecified atom stereocenters. The van der Waals surface area contributed by atoms with Crippen LogP contribution < -0.4 is 0 Å². The summed E-state index contributed by atoms with van der Waals surface area (Å²) >= 11 is 0. The van der Waals surface area contributed by atoms with Crippen molar-refractivity contribution in [2.45, 2.75) is 44.7 Å². The maximum Gasteiger partial charge on any atom is 0.138 e. The zero-order valence-corrected chi connectivity index (χ0v) is 14.2. The lowest BCUT2D eigenvalue weighted by Crippen LogP contribution is -2.53. The zero-order chi connectivity index (χ0) is 15.5. The second-order valence-corrected chi connectivity index (χ2v) is 7.51. The van der Waals surface area contributed by atoms with Gasteiger partial charge in [-0.2, -0.15) is 5.10 Å². The highest BCUT2D eigenvalue weighted by Gasteiger charge is 2.34. The summed E-state index contributed by atoms with van der Waals surface area (Å²) in [5.41, 5.74) is 0. The molecule has 0 bridgehead atoms. The van der Waals surface area contributed by atoms with Gasteiger partial charge in [-0.1, -0.05) is 6.42 Å². The number of nitrogens with one attached hydrogen (secondary N) is 1. The van der Waals surface area contributed by atoms with E-state index in [1.54, 1.807) is 6.33 Å². The van der Waals surface area contributed by atoms with E-state index in [-0.39, 0.29) is 0 Å². The molecule has 0 amide bonds. The molecule has 3 aliphatic heterocycles. The molecule has 128 valence electrons. The minimum Gasteiger partial charge on any atom is -0.300 e. The molecule has 0 spiro atoms. The fourth-order valence-corrected chi connectivity index (χ4v) is 4.77. The Kier molecular flexibility index (Phi) is 4.92. The predicted molar refractivity (Wildman–Crippen MR) is 90.0 cm³/mol.